The van der Waals surface area contributed by atoms with Crippen LogP contribution >= 0.6 is 0 Å². The number of aryl methyl sites for hydroxylation is 2. The molecule has 1 atom stereocenters. The van der Waals surface area contributed by atoms with Crippen molar-refractivity contribution in [2.24, 2.45) is 5.92 Å². The number of sulfonamides is 1. The molecule has 2 aliphatic rings. The number of carboxylic acid groups (broad SMARTS) is 2. The van der Waals surface area contributed by atoms with Crippen LogP contribution in [0.3, 0.4) is 0 Å². The SMILES string of the molecule is Cc1ccc(C)c(S(=O)(=O)Nc2ccc(N3CCCC(CN4CCCC4)C3)c(C(=O)O)c2)c1.O=C(O)C(F)(F)F. The Labute approximate surface area is 231 Å². The maximum Gasteiger partial charge on any atom is 0.490 e. The van der Waals surface area contributed by atoms with E-state index >= 15 is 0 Å². The van der Waals surface area contributed by atoms with E-state index in [2.05, 4.69) is 14.5 Å². The molecule has 220 valence electrons. The zero-order valence-corrected chi connectivity index (χ0v) is 23.2. The van der Waals surface area contributed by atoms with Gasteiger partial charge < -0.3 is 20.0 Å². The molecule has 0 radical (unpaired) electrons. The summed E-state index contributed by atoms with van der Waals surface area (Å²) in [6.07, 6.45) is -0.375. The molecule has 2 aromatic carbocycles. The fraction of sp³-hybridized carbons (Fsp3) is 0.481. The van der Waals surface area contributed by atoms with Crippen LogP contribution in [-0.4, -0.2) is 74.4 Å². The molecule has 0 spiro atoms. The number of carbonyl (C=O) groups is 2. The van der Waals surface area contributed by atoms with E-state index in [0.29, 0.717) is 17.2 Å². The molecule has 2 aromatic rings. The fourth-order valence-corrected chi connectivity index (χ4v) is 6.40. The largest absolute Gasteiger partial charge is 0.490 e. The van der Waals surface area contributed by atoms with Crippen LogP contribution in [0.15, 0.2) is 41.3 Å². The first-order valence-electron chi connectivity index (χ1n) is 12.9. The average molecular weight is 586 g/mol. The summed E-state index contributed by atoms with van der Waals surface area (Å²) >= 11 is 0. The highest BCUT2D eigenvalue weighted by molar-refractivity contribution is 7.92. The van der Waals surface area contributed by atoms with Gasteiger partial charge in [-0.15, -0.1) is 0 Å². The number of benzene rings is 2. The third kappa shape index (κ3) is 8.34. The summed E-state index contributed by atoms with van der Waals surface area (Å²) in [4.78, 5) is 25.9. The van der Waals surface area contributed by atoms with E-state index in [1.807, 2.05) is 13.0 Å². The highest BCUT2D eigenvalue weighted by Gasteiger charge is 2.38. The Kier molecular flexibility index (Phi) is 10.1. The minimum Gasteiger partial charge on any atom is -0.478 e. The number of piperidine rings is 1. The van der Waals surface area contributed by atoms with Gasteiger partial charge in [0.15, 0.2) is 0 Å². The van der Waals surface area contributed by atoms with Gasteiger partial charge in [-0.05, 0) is 93.9 Å². The minimum absolute atomic E-state index is 0.123. The second-order valence-corrected chi connectivity index (χ2v) is 11.8. The molecule has 0 saturated carbocycles. The summed E-state index contributed by atoms with van der Waals surface area (Å²) in [5.74, 6) is -3.30. The number of carboxylic acids is 2. The van der Waals surface area contributed by atoms with Crippen LogP contribution in [0, 0.1) is 19.8 Å². The molecule has 0 amide bonds. The minimum atomic E-state index is -5.08. The number of alkyl halides is 3. The van der Waals surface area contributed by atoms with Crippen molar-refractivity contribution in [2.45, 2.75) is 50.6 Å². The Morgan fingerprint density at radius 3 is 2.25 bits per heavy atom. The second-order valence-electron chi connectivity index (χ2n) is 10.2. The number of aliphatic carboxylic acids is 1. The molecular formula is C27H34F3N3O6S. The zero-order valence-electron chi connectivity index (χ0n) is 22.4. The number of rotatable bonds is 7. The van der Waals surface area contributed by atoms with Crippen LogP contribution in [0.2, 0.25) is 0 Å². The number of likely N-dealkylation sites (tertiary alicyclic amines) is 1. The lowest BCUT2D eigenvalue weighted by Gasteiger charge is -2.36. The van der Waals surface area contributed by atoms with E-state index in [4.69, 9.17) is 9.90 Å². The van der Waals surface area contributed by atoms with Crippen molar-refractivity contribution in [1.82, 2.24) is 4.90 Å². The quantitative estimate of drug-likeness (QED) is 0.425. The lowest BCUT2D eigenvalue weighted by molar-refractivity contribution is -0.192. The number of hydrogen-bond acceptors (Lipinski definition) is 6. The smallest absolute Gasteiger partial charge is 0.478 e. The molecule has 13 heteroatoms. The molecule has 0 bridgehead atoms. The Hall–Kier alpha value is -3.32. The number of nitrogens with one attached hydrogen (secondary N) is 1. The van der Waals surface area contributed by atoms with Crippen molar-refractivity contribution >= 4 is 33.3 Å². The number of hydrogen-bond donors (Lipinski definition) is 3. The van der Waals surface area contributed by atoms with Crippen LogP contribution in [-0.2, 0) is 14.8 Å². The number of halogens is 3. The first kappa shape index (κ1) is 31.2. The van der Waals surface area contributed by atoms with Gasteiger partial charge >= 0.3 is 18.1 Å². The van der Waals surface area contributed by atoms with Gasteiger partial charge in [0, 0.05) is 25.3 Å². The van der Waals surface area contributed by atoms with Crippen molar-refractivity contribution in [3.8, 4) is 0 Å². The molecule has 1 unspecified atom stereocenters. The lowest BCUT2D eigenvalue weighted by atomic mass is 9.96. The molecule has 2 fully saturated rings. The molecule has 2 aliphatic heterocycles. The molecule has 2 heterocycles. The summed E-state index contributed by atoms with van der Waals surface area (Å²) in [6.45, 7) is 8.60. The van der Waals surface area contributed by atoms with Crippen LogP contribution in [0.5, 0.6) is 0 Å². The number of anilines is 2. The Balaban J connectivity index is 0.000000559. The van der Waals surface area contributed by atoms with Crippen LogP contribution in [0.4, 0.5) is 24.5 Å². The predicted molar refractivity (Wildman–Crippen MR) is 144 cm³/mol. The standard InChI is InChI=1S/C25H33N3O4S.C2HF3O2/c1-18-7-8-19(2)24(14-18)33(31,32)26-21-9-10-23(22(15-21)25(29)30)28-13-5-6-20(17-28)16-27-11-3-4-12-27;3-2(4,5)1(6)7/h7-10,14-15,20,26H,3-6,11-13,16-17H2,1-2H3,(H,29,30);(H,6,7). The molecule has 3 N–H and O–H groups in total. The monoisotopic (exact) mass is 585 g/mol. The maximum atomic E-state index is 13.0. The summed E-state index contributed by atoms with van der Waals surface area (Å²) in [5.41, 5.74) is 2.51. The van der Waals surface area contributed by atoms with Crippen molar-refractivity contribution in [3.05, 3.63) is 53.1 Å². The van der Waals surface area contributed by atoms with Gasteiger partial charge in [-0.3, -0.25) is 4.72 Å². The van der Waals surface area contributed by atoms with Gasteiger partial charge in [-0.25, -0.2) is 18.0 Å². The third-order valence-electron chi connectivity index (χ3n) is 6.93. The summed E-state index contributed by atoms with van der Waals surface area (Å²) in [7, 11) is -3.83. The van der Waals surface area contributed by atoms with E-state index in [1.165, 1.54) is 18.9 Å². The van der Waals surface area contributed by atoms with Crippen molar-refractivity contribution < 1.29 is 41.4 Å². The van der Waals surface area contributed by atoms with Gasteiger partial charge in [0.25, 0.3) is 10.0 Å². The highest BCUT2D eigenvalue weighted by Crippen LogP contribution is 2.31. The highest BCUT2D eigenvalue weighted by atomic mass is 32.2. The fourth-order valence-electron chi connectivity index (χ4n) is 5.02. The second kappa shape index (κ2) is 12.9. The van der Waals surface area contributed by atoms with E-state index in [1.54, 1.807) is 31.2 Å². The molecule has 4 rings (SSSR count). The summed E-state index contributed by atoms with van der Waals surface area (Å²) in [6, 6.07) is 10.1. The van der Waals surface area contributed by atoms with E-state index in [0.717, 1.165) is 51.1 Å². The van der Waals surface area contributed by atoms with E-state index in [-0.39, 0.29) is 16.1 Å². The lowest BCUT2D eigenvalue weighted by Crippen LogP contribution is -2.41. The molecule has 0 aliphatic carbocycles. The topological polar surface area (TPSA) is 127 Å². The Bertz CT molecular complexity index is 1330. The maximum absolute atomic E-state index is 13.0. The zero-order chi connectivity index (χ0) is 29.7. The number of nitrogens with zero attached hydrogens (tertiary/aromatic N) is 2. The normalized spacial score (nSPS) is 18.1. The average Bonchev–Trinajstić information content (AvgIpc) is 3.38. The third-order valence-corrected chi connectivity index (χ3v) is 8.45. The molecule has 9 nitrogen and oxygen atoms in total. The first-order valence-corrected chi connectivity index (χ1v) is 14.4. The van der Waals surface area contributed by atoms with E-state index in [9.17, 15) is 31.5 Å². The van der Waals surface area contributed by atoms with Gasteiger partial charge in [-0.2, -0.15) is 13.2 Å². The van der Waals surface area contributed by atoms with Crippen LogP contribution in [0.1, 0.15) is 47.2 Å². The first-order chi connectivity index (χ1) is 18.7. The number of aromatic carboxylic acids is 1. The van der Waals surface area contributed by atoms with Crippen LogP contribution in [0.25, 0.3) is 0 Å². The van der Waals surface area contributed by atoms with Crippen LogP contribution < -0.4 is 9.62 Å². The predicted octanol–water partition coefficient (Wildman–Crippen LogP) is 4.75. The van der Waals surface area contributed by atoms with Gasteiger partial charge in [0.1, 0.15) is 0 Å². The molecule has 2 saturated heterocycles. The van der Waals surface area contributed by atoms with E-state index < -0.39 is 28.1 Å². The summed E-state index contributed by atoms with van der Waals surface area (Å²) < 4.78 is 60.3. The van der Waals surface area contributed by atoms with Crippen molar-refractivity contribution in [2.75, 3.05) is 42.3 Å². The summed E-state index contributed by atoms with van der Waals surface area (Å²) in [5, 5.41) is 17.0. The molecule has 40 heavy (non-hydrogen) atoms. The molecule has 0 aromatic heterocycles. The molecular weight excluding hydrogens is 551 g/mol. The Morgan fingerprint density at radius 2 is 1.65 bits per heavy atom. The Morgan fingerprint density at radius 1 is 1.00 bits per heavy atom. The van der Waals surface area contributed by atoms with Gasteiger partial charge in [0.2, 0.25) is 0 Å². The van der Waals surface area contributed by atoms with Crippen molar-refractivity contribution in [3.63, 3.8) is 0 Å². The van der Waals surface area contributed by atoms with Gasteiger partial charge in [-0.1, -0.05) is 12.1 Å². The van der Waals surface area contributed by atoms with Crippen molar-refractivity contribution in [1.29, 1.82) is 0 Å². The van der Waals surface area contributed by atoms with Gasteiger partial charge in [0.05, 0.1) is 16.1 Å².